The summed E-state index contributed by atoms with van der Waals surface area (Å²) in [7, 11) is 0. The summed E-state index contributed by atoms with van der Waals surface area (Å²) >= 11 is 0. The average Bonchev–Trinajstić information content (AvgIpc) is 2.98. The Morgan fingerprint density at radius 3 is 3.08 bits per heavy atom. The zero-order chi connectivity index (χ0) is 16.9. The first-order valence-electron chi connectivity index (χ1n) is 8.27. The van der Waals surface area contributed by atoms with Crippen molar-refractivity contribution in [2.45, 2.75) is 32.9 Å². The number of piperidine rings is 1. The first-order valence-corrected chi connectivity index (χ1v) is 8.27. The summed E-state index contributed by atoms with van der Waals surface area (Å²) < 4.78 is 18.3. The number of hydrogen-bond donors (Lipinski definition) is 1. The van der Waals surface area contributed by atoms with Gasteiger partial charge in [-0.15, -0.1) is 0 Å². The minimum absolute atomic E-state index is 0.0413. The molecule has 1 aromatic heterocycles. The smallest absolute Gasteiger partial charge is 0.224 e. The highest BCUT2D eigenvalue weighted by Gasteiger charge is 2.25. The van der Waals surface area contributed by atoms with E-state index in [1.54, 1.807) is 12.1 Å². The number of carbonyl (C=O) groups excluding carboxylic acids is 1. The summed E-state index contributed by atoms with van der Waals surface area (Å²) in [4.78, 5) is 14.6. The summed E-state index contributed by atoms with van der Waals surface area (Å²) in [6, 6.07) is 8.45. The normalized spacial score (nSPS) is 18.5. The lowest BCUT2D eigenvalue weighted by Crippen LogP contribution is -2.42. The second kappa shape index (κ2) is 7.57. The highest BCUT2D eigenvalue weighted by molar-refractivity contribution is 5.78. The Morgan fingerprint density at radius 2 is 2.33 bits per heavy atom. The highest BCUT2D eigenvalue weighted by Crippen LogP contribution is 2.19. The van der Waals surface area contributed by atoms with E-state index in [1.807, 2.05) is 19.1 Å². The molecule has 0 radical (unpaired) electrons. The molecule has 0 bridgehead atoms. The summed E-state index contributed by atoms with van der Waals surface area (Å²) in [6.45, 7) is 4.51. The molecule has 1 aliphatic rings. The maximum atomic E-state index is 13.3. The second-order valence-corrected chi connectivity index (χ2v) is 6.35. The molecule has 1 N–H and O–H groups in total. The number of aryl methyl sites for hydroxylation is 1. The van der Waals surface area contributed by atoms with Crippen LogP contribution in [0.15, 0.2) is 34.9 Å². The SMILES string of the molecule is Cc1cc(CNC(=O)C2CCCN(Cc3cccc(F)c3)C2)no1. The third-order valence-electron chi connectivity index (χ3n) is 4.29. The van der Waals surface area contributed by atoms with Crippen molar-refractivity contribution in [2.24, 2.45) is 5.92 Å². The average molecular weight is 331 g/mol. The van der Waals surface area contributed by atoms with Gasteiger partial charge in [0.15, 0.2) is 0 Å². The Balaban J connectivity index is 1.51. The number of nitrogens with one attached hydrogen (secondary N) is 1. The van der Waals surface area contributed by atoms with Gasteiger partial charge in [-0.25, -0.2) is 4.39 Å². The van der Waals surface area contributed by atoms with Gasteiger partial charge in [-0.05, 0) is 44.0 Å². The monoisotopic (exact) mass is 331 g/mol. The van der Waals surface area contributed by atoms with Crippen molar-refractivity contribution in [1.82, 2.24) is 15.4 Å². The van der Waals surface area contributed by atoms with Crippen LogP contribution in [0.5, 0.6) is 0 Å². The molecule has 6 heteroatoms. The predicted octanol–water partition coefficient (Wildman–Crippen LogP) is 2.65. The van der Waals surface area contributed by atoms with Crippen LogP contribution >= 0.6 is 0 Å². The van der Waals surface area contributed by atoms with Crippen molar-refractivity contribution in [2.75, 3.05) is 13.1 Å². The lowest BCUT2D eigenvalue weighted by molar-refractivity contribution is -0.127. The van der Waals surface area contributed by atoms with E-state index in [9.17, 15) is 9.18 Å². The van der Waals surface area contributed by atoms with Crippen LogP contribution in [0.4, 0.5) is 4.39 Å². The topological polar surface area (TPSA) is 58.4 Å². The third kappa shape index (κ3) is 4.41. The van der Waals surface area contributed by atoms with Crippen molar-refractivity contribution in [1.29, 1.82) is 0 Å². The minimum atomic E-state index is -0.221. The molecule has 3 rings (SSSR count). The first-order chi connectivity index (χ1) is 11.6. The lowest BCUT2D eigenvalue weighted by atomic mass is 9.96. The quantitative estimate of drug-likeness (QED) is 0.915. The van der Waals surface area contributed by atoms with E-state index in [0.29, 0.717) is 19.6 Å². The van der Waals surface area contributed by atoms with Crippen LogP contribution in [0, 0.1) is 18.7 Å². The molecular formula is C18H22FN3O2. The van der Waals surface area contributed by atoms with E-state index in [0.717, 1.165) is 36.4 Å². The molecule has 2 aromatic rings. The Bertz CT molecular complexity index is 701. The maximum absolute atomic E-state index is 13.3. The maximum Gasteiger partial charge on any atom is 0.224 e. The van der Waals surface area contributed by atoms with Gasteiger partial charge in [0, 0.05) is 19.2 Å². The number of carbonyl (C=O) groups is 1. The van der Waals surface area contributed by atoms with Crippen LogP contribution in [-0.4, -0.2) is 29.1 Å². The second-order valence-electron chi connectivity index (χ2n) is 6.35. The molecule has 1 aliphatic heterocycles. The number of likely N-dealkylation sites (tertiary alicyclic amines) is 1. The van der Waals surface area contributed by atoms with Gasteiger partial charge in [0.05, 0.1) is 12.5 Å². The summed E-state index contributed by atoms with van der Waals surface area (Å²) in [6.07, 6.45) is 1.85. The Hall–Kier alpha value is -2.21. The molecule has 2 heterocycles. The fourth-order valence-corrected chi connectivity index (χ4v) is 3.13. The van der Waals surface area contributed by atoms with E-state index in [2.05, 4.69) is 15.4 Å². The molecule has 0 aliphatic carbocycles. The largest absolute Gasteiger partial charge is 0.361 e. The van der Waals surface area contributed by atoms with Crippen molar-refractivity contribution >= 4 is 5.91 Å². The molecule has 1 aromatic carbocycles. The van der Waals surface area contributed by atoms with Crippen molar-refractivity contribution in [3.05, 3.63) is 53.2 Å². The van der Waals surface area contributed by atoms with Crippen LogP contribution in [0.1, 0.15) is 29.9 Å². The number of halogens is 1. The molecule has 1 amide bonds. The summed E-state index contributed by atoms with van der Waals surface area (Å²) in [5, 5.41) is 6.80. The zero-order valence-electron chi connectivity index (χ0n) is 13.8. The Kier molecular flexibility index (Phi) is 5.25. The van der Waals surface area contributed by atoms with Crippen LogP contribution < -0.4 is 5.32 Å². The number of aromatic nitrogens is 1. The Morgan fingerprint density at radius 1 is 1.46 bits per heavy atom. The molecule has 128 valence electrons. The van der Waals surface area contributed by atoms with E-state index < -0.39 is 0 Å². The van der Waals surface area contributed by atoms with E-state index in [-0.39, 0.29) is 17.6 Å². The molecule has 0 saturated carbocycles. The van der Waals surface area contributed by atoms with Gasteiger partial charge >= 0.3 is 0 Å². The zero-order valence-corrected chi connectivity index (χ0v) is 13.8. The van der Waals surface area contributed by atoms with Crippen LogP contribution in [0.25, 0.3) is 0 Å². The molecule has 1 unspecified atom stereocenters. The summed E-state index contributed by atoms with van der Waals surface area (Å²) in [5.41, 5.74) is 1.67. The van der Waals surface area contributed by atoms with E-state index in [4.69, 9.17) is 4.52 Å². The number of amides is 1. The van der Waals surface area contributed by atoms with Crippen LogP contribution in [-0.2, 0) is 17.9 Å². The van der Waals surface area contributed by atoms with Crippen LogP contribution in [0.2, 0.25) is 0 Å². The van der Waals surface area contributed by atoms with Gasteiger partial charge in [0.25, 0.3) is 0 Å². The molecule has 1 atom stereocenters. The fraction of sp³-hybridized carbons (Fsp3) is 0.444. The highest BCUT2D eigenvalue weighted by atomic mass is 19.1. The predicted molar refractivity (Wildman–Crippen MR) is 87.5 cm³/mol. The van der Waals surface area contributed by atoms with Gasteiger partial charge in [-0.2, -0.15) is 0 Å². The summed E-state index contributed by atoms with van der Waals surface area (Å²) in [5.74, 6) is 0.514. The van der Waals surface area contributed by atoms with Gasteiger partial charge < -0.3 is 9.84 Å². The molecular weight excluding hydrogens is 309 g/mol. The van der Waals surface area contributed by atoms with Crippen LogP contribution in [0.3, 0.4) is 0 Å². The van der Waals surface area contributed by atoms with Gasteiger partial charge in [0.1, 0.15) is 17.3 Å². The number of rotatable bonds is 5. The number of benzene rings is 1. The van der Waals surface area contributed by atoms with Crippen molar-refractivity contribution in [3.63, 3.8) is 0 Å². The standard InChI is InChI=1S/C18H22FN3O2/c1-13-8-17(21-24-13)10-20-18(23)15-5-3-7-22(12-15)11-14-4-2-6-16(19)9-14/h2,4,6,8-9,15H,3,5,7,10-12H2,1H3,(H,20,23). The minimum Gasteiger partial charge on any atom is -0.361 e. The molecule has 1 saturated heterocycles. The van der Waals surface area contributed by atoms with Gasteiger partial charge in [0.2, 0.25) is 5.91 Å². The molecule has 1 fully saturated rings. The molecule has 0 spiro atoms. The van der Waals surface area contributed by atoms with Gasteiger partial charge in [-0.3, -0.25) is 9.69 Å². The number of hydrogen-bond acceptors (Lipinski definition) is 4. The van der Waals surface area contributed by atoms with Gasteiger partial charge in [-0.1, -0.05) is 17.3 Å². The van der Waals surface area contributed by atoms with E-state index in [1.165, 1.54) is 6.07 Å². The molecule has 5 nitrogen and oxygen atoms in total. The van der Waals surface area contributed by atoms with E-state index >= 15 is 0 Å². The number of nitrogens with zero attached hydrogens (tertiary/aromatic N) is 2. The third-order valence-corrected chi connectivity index (χ3v) is 4.29. The first kappa shape index (κ1) is 16.6. The fourth-order valence-electron chi connectivity index (χ4n) is 3.13. The Labute approximate surface area is 140 Å². The lowest BCUT2D eigenvalue weighted by Gasteiger charge is -2.32. The molecule has 24 heavy (non-hydrogen) atoms. The van der Waals surface area contributed by atoms with Crippen molar-refractivity contribution < 1.29 is 13.7 Å². The van der Waals surface area contributed by atoms with Crippen molar-refractivity contribution in [3.8, 4) is 0 Å².